The fourth-order valence-electron chi connectivity index (χ4n) is 1.64. The summed E-state index contributed by atoms with van der Waals surface area (Å²) in [6.45, 7) is 0. The Bertz CT molecular complexity index is 741. The minimum Gasteiger partial charge on any atom is -0.495 e. The van der Waals surface area contributed by atoms with Crippen LogP contribution in [0, 0.1) is 11.3 Å². The lowest BCUT2D eigenvalue weighted by atomic mass is 10.2. The van der Waals surface area contributed by atoms with Crippen LogP contribution in [0.25, 0.3) is 0 Å². The molecule has 0 unspecified atom stereocenters. The van der Waals surface area contributed by atoms with E-state index in [4.69, 9.17) is 33.2 Å². The molecule has 0 aliphatic rings. The van der Waals surface area contributed by atoms with Crippen molar-refractivity contribution < 1.29 is 9.53 Å². The number of nitrogens with one attached hydrogen (secondary N) is 1. The molecule has 1 aromatic heterocycles. The monoisotopic (exact) mass is 321 g/mol. The second kappa shape index (κ2) is 6.44. The highest BCUT2D eigenvalue weighted by atomic mass is 35.5. The number of ether oxygens (including phenoxy) is 1. The molecule has 0 saturated heterocycles. The third kappa shape index (κ3) is 3.43. The maximum Gasteiger partial charge on any atom is 0.258 e. The molecule has 0 fully saturated rings. The third-order valence-corrected chi connectivity index (χ3v) is 3.14. The van der Waals surface area contributed by atoms with Gasteiger partial charge in [-0.2, -0.15) is 5.26 Å². The number of anilines is 1. The Morgan fingerprint density at radius 3 is 2.71 bits per heavy atom. The van der Waals surface area contributed by atoms with Gasteiger partial charge in [-0.15, -0.1) is 0 Å². The van der Waals surface area contributed by atoms with Gasteiger partial charge in [-0.25, -0.2) is 4.98 Å². The van der Waals surface area contributed by atoms with Crippen LogP contribution in [0.1, 0.15) is 15.9 Å². The number of aromatic nitrogens is 1. The second-order valence-electron chi connectivity index (χ2n) is 3.95. The lowest BCUT2D eigenvalue weighted by molar-refractivity contribution is 0.102. The number of amides is 1. The molecule has 0 atom stereocenters. The lowest BCUT2D eigenvalue weighted by Gasteiger charge is -2.11. The fraction of sp³-hybridized carbons (Fsp3) is 0.0714. The Morgan fingerprint density at radius 1 is 1.33 bits per heavy atom. The highest BCUT2D eigenvalue weighted by Gasteiger charge is 2.14. The first-order valence-electron chi connectivity index (χ1n) is 5.76. The average molecular weight is 322 g/mol. The zero-order chi connectivity index (χ0) is 15.4. The zero-order valence-corrected chi connectivity index (χ0v) is 12.4. The maximum atomic E-state index is 12.2. The number of rotatable bonds is 3. The highest BCUT2D eigenvalue weighted by molar-refractivity contribution is 6.35. The number of carbonyl (C=O) groups excluding carboxylic acids is 1. The van der Waals surface area contributed by atoms with Crippen molar-refractivity contribution in [3.05, 3.63) is 51.8 Å². The van der Waals surface area contributed by atoms with E-state index in [1.807, 2.05) is 6.07 Å². The predicted octanol–water partition coefficient (Wildman–Crippen LogP) is 3.52. The van der Waals surface area contributed by atoms with Gasteiger partial charge in [0.2, 0.25) is 0 Å². The summed E-state index contributed by atoms with van der Waals surface area (Å²) >= 11 is 11.6. The van der Waals surface area contributed by atoms with Gasteiger partial charge in [0, 0.05) is 6.07 Å². The molecule has 1 N–H and O–H groups in total. The van der Waals surface area contributed by atoms with Crippen LogP contribution in [0.2, 0.25) is 10.3 Å². The summed E-state index contributed by atoms with van der Waals surface area (Å²) < 4.78 is 5.14. The van der Waals surface area contributed by atoms with E-state index in [2.05, 4.69) is 10.3 Å². The third-order valence-electron chi connectivity index (χ3n) is 2.64. The average Bonchev–Trinajstić information content (AvgIpc) is 2.47. The quantitative estimate of drug-likeness (QED) is 0.877. The van der Waals surface area contributed by atoms with E-state index in [9.17, 15) is 4.79 Å². The van der Waals surface area contributed by atoms with E-state index in [-0.39, 0.29) is 15.9 Å². The van der Waals surface area contributed by atoms with Gasteiger partial charge in [-0.05, 0) is 24.3 Å². The minimum atomic E-state index is -0.452. The number of nitriles is 1. The van der Waals surface area contributed by atoms with Gasteiger partial charge in [-0.1, -0.05) is 23.2 Å². The Balaban J connectivity index is 2.29. The number of pyridine rings is 1. The van der Waals surface area contributed by atoms with Crippen LogP contribution in [-0.2, 0) is 0 Å². The number of hydrogen-bond acceptors (Lipinski definition) is 4. The van der Waals surface area contributed by atoms with Gasteiger partial charge in [0.1, 0.15) is 16.1 Å². The van der Waals surface area contributed by atoms with Crippen LogP contribution < -0.4 is 10.1 Å². The lowest BCUT2D eigenvalue weighted by Crippen LogP contribution is -2.13. The van der Waals surface area contributed by atoms with Crippen LogP contribution in [0.5, 0.6) is 5.75 Å². The van der Waals surface area contributed by atoms with Gasteiger partial charge < -0.3 is 10.1 Å². The summed E-state index contributed by atoms with van der Waals surface area (Å²) in [5.41, 5.74) is 1.04. The molecular formula is C14H9Cl2N3O2. The molecule has 5 nitrogen and oxygen atoms in total. The standard InChI is InChI=1S/C14H9Cl2N3O2/c1-21-11-6-8(7-17)2-4-10(11)18-14(20)9-3-5-12(15)19-13(9)16/h2-6H,1H3,(H,18,20). The van der Waals surface area contributed by atoms with Crippen molar-refractivity contribution in [2.75, 3.05) is 12.4 Å². The number of nitrogens with zero attached hydrogens (tertiary/aromatic N) is 2. The summed E-state index contributed by atoms with van der Waals surface area (Å²) in [4.78, 5) is 16.0. The maximum absolute atomic E-state index is 12.2. The second-order valence-corrected chi connectivity index (χ2v) is 4.70. The van der Waals surface area contributed by atoms with Crippen LogP contribution >= 0.6 is 23.2 Å². The molecule has 0 aliphatic carbocycles. The first kappa shape index (κ1) is 15.1. The van der Waals surface area contributed by atoms with Gasteiger partial charge in [-0.3, -0.25) is 4.79 Å². The molecule has 1 amide bonds. The van der Waals surface area contributed by atoms with Crippen molar-refractivity contribution in [1.29, 1.82) is 5.26 Å². The van der Waals surface area contributed by atoms with Crippen LogP contribution in [0.3, 0.4) is 0 Å². The molecule has 0 aliphatic heterocycles. The van der Waals surface area contributed by atoms with E-state index in [1.165, 1.54) is 25.3 Å². The van der Waals surface area contributed by atoms with Gasteiger partial charge >= 0.3 is 0 Å². The van der Waals surface area contributed by atoms with Gasteiger partial charge in [0.05, 0.1) is 30.0 Å². The number of hydrogen-bond donors (Lipinski definition) is 1. The van der Waals surface area contributed by atoms with E-state index in [1.54, 1.807) is 12.1 Å². The molecule has 0 radical (unpaired) electrons. The molecule has 106 valence electrons. The van der Waals surface area contributed by atoms with Crippen molar-refractivity contribution >= 4 is 34.8 Å². The van der Waals surface area contributed by atoms with Gasteiger partial charge in [0.25, 0.3) is 5.91 Å². The summed E-state index contributed by atoms with van der Waals surface area (Å²) in [7, 11) is 1.45. The van der Waals surface area contributed by atoms with Gasteiger partial charge in [0.15, 0.2) is 0 Å². The van der Waals surface area contributed by atoms with Crippen LogP contribution in [-0.4, -0.2) is 18.0 Å². The van der Waals surface area contributed by atoms with Crippen LogP contribution in [0.15, 0.2) is 30.3 Å². The summed E-state index contributed by atoms with van der Waals surface area (Å²) in [5.74, 6) is -0.0763. The Morgan fingerprint density at radius 2 is 2.10 bits per heavy atom. The highest BCUT2D eigenvalue weighted by Crippen LogP contribution is 2.26. The zero-order valence-electron chi connectivity index (χ0n) is 10.9. The van der Waals surface area contributed by atoms with Crippen molar-refractivity contribution in [3.8, 4) is 11.8 Å². The summed E-state index contributed by atoms with van der Waals surface area (Å²) in [6, 6.07) is 9.61. The van der Waals surface area contributed by atoms with Crippen molar-refractivity contribution in [1.82, 2.24) is 4.98 Å². The largest absolute Gasteiger partial charge is 0.495 e. The number of methoxy groups -OCH3 is 1. The SMILES string of the molecule is COc1cc(C#N)ccc1NC(=O)c1ccc(Cl)nc1Cl. The fourth-order valence-corrected chi connectivity index (χ4v) is 2.07. The molecular weight excluding hydrogens is 313 g/mol. The Labute approximate surface area is 131 Å². The number of halogens is 2. The van der Waals surface area contributed by atoms with Crippen molar-refractivity contribution in [3.63, 3.8) is 0 Å². The smallest absolute Gasteiger partial charge is 0.258 e. The van der Waals surface area contributed by atoms with Crippen LogP contribution in [0.4, 0.5) is 5.69 Å². The molecule has 0 bridgehead atoms. The first-order chi connectivity index (χ1) is 10.0. The number of benzene rings is 1. The molecule has 7 heteroatoms. The molecule has 1 aromatic carbocycles. The molecule has 21 heavy (non-hydrogen) atoms. The Kier molecular flexibility index (Phi) is 4.63. The Hall–Kier alpha value is -2.29. The predicted molar refractivity (Wildman–Crippen MR) is 79.9 cm³/mol. The molecule has 0 spiro atoms. The summed E-state index contributed by atoms with van der Waals surface area (Å²) in [6.07, 6.45) is 0. The van der Waals surface area contributed by atoms with E-state index >= 15 is 0 Å². The topological polar surface area (TPSA) is 75.0 Å². The minimum absolute atomic E-state index is 0.00705. The molecule has 2 rings (SSSR count). The molecule has 2 aromatic rings. The summed E-state index contributed by atoms with van der Waals surface area (Å²) in [5, 5.41) is 11.7. The van der Waals surface area contributed by atoms with E-state index in [0.29, 0.717) is 17.0 Å². The number of carbonyl (C=O) groups is 1. The molecule has 0 saturated carbocycles. The van der Waals surface area contributed by atoms with E-state index < -0.39 is 5.91 Å². The van der Waals surface area contributed by atoms with E-state index in [0.717, 1.165) is 0 Å². The van der Waals surface area contributed by atoms with Crippen molar-refractivity contribution in [2.24, 2.45) is 0 Å². The molecule has 1 heterocycles. The normalized spacial score (nSPS) is 9.81. The first-order valence-corrected chi connectivity index (χ1v) is 6.52. The van der Waals surface area contributed by atoms with Crippen molar-refractivity contribution in [2.45, 2.75) is 0 Å².